The highest BCUT2D eigenvalue weighted by molar-refractivity contribution is 6.11. The molecular weight excluding hydrogens is 360 g/mol. The summed E-state index contributed by atoms with van der Waals surface area (Å²) in [5.41, 5.74) is 2.24. The molecule has 0 aliphatic carbocycles. The normalized spacial score (nSPS) is 21.2. The van der Waals surface area contributed by atoms with Gasteiger partial charge in [-0.3, -0.25) is 9.59 Å². The lowest BCUT2D eigenvalue weighted by Crippen LogP contribution is -2.44. The zero-order valence-corrected chi connectivity index (χ0v) is 15.4. The van der Waals surface area contributed by atoms with Crippen LogP contribution in [0.25, 0.3) is 0 Å². The molecule has 2 amide bonds. The van der Waals surface area contributed by atoms with Crippen molar-refractivity contribution in [3.8, 4) is 0 Å². The van der Waals surface area contributed by atoms with Gasteiger partial charge in [0.2, 0.25) is 5.91 Å². The highest BCUT2D eigenvalue weighted by Crippen LogP contribution is 2.33. The van der Waals surface area contributed by atoms with Crippen molar-refractivity contribution in [2.75, 3.05) is 18.6 Å². The number of carbonyl (C=O) groups is 3. The minimum atomic E-state index is -0.704. The Bertz CT molecular complexity index is 940. The lowest BCUT2D eigenvalue weighted by Gasteiger charge is -2.26. The van der Waals surface area contributed by atoms with E-state index in [0.717, 1.165) is 5.56 Å². The summed E-state index contributed by atoms with van der Waals surface area (Å²) < 4.78 is 4.71. The van der Waals surface area contributed by atoms with Gasteiger partial charge in [0.15, 0.2) is 0 Å². The Hall–Kier alpha value is -3.19. The van der Waals surface area contributed by atoms with Gasteiger partial charge in [0, 0.05) is 13.0 Å². The Kier molecular flexibility index (Phi) is 4.60. The number of carbonyl (C=O) groups excluding carboxylic acids is 3. The second-order valence-corrected chi connectivity index (χ2v) is 6.99. The van der Waals surface area contributed by atoms with Crippen LogP contribution in [0.4, 0.5) is 5.69 Å². The molecule has 1 N–H and O–H groups in total. The number of hydrogen-bond donors (Lipinski definition) is 1. The van der Waals surface area contributed by atoms with E-state index in [2.05, 4.69) is 0 Å². The third-order valence-corrected chi connectivity index (χ3v) is 5.23. The fourth-order valence-corrected chi connectivity index (χ4v) is 3.83. The summed E-state index contributed by atoms with van der Waals surface area (Å²) in [7, 11) is 1.32. The first-order valence-corrected chi connectivity index (χ1v) is 9.06. The topological polar surface area (TPSA) is 87.2 Å². The first kappa shape index (κ1) is 18.2. The molecule has 1 saturated heterocycles. The lowest BCUT2D eigenvalue weighted by atomic mass is 10.1. The van der Waals surface area contributed by atoms with Crippen LogP contribution in [-0.2, 0) is 16.1 Å². The van der Waals surface area contributed by atoms with Gasteiger partial charge in [-0.1, -0.05) is 24.3 Å². The molecule has 7 nitrogen and oxygen atoms in total. The fourth-order valence-electron chi connectivity index (χ4n) is 3.83. The standard InChI is InChI=1S/C21H20N2O5/c1-28-21(27)14-8-6-13(7-9-14)11-22-17-5-3-2-4-16(17)19(25)23-12-15(24)10-18(23)20(22)26/h2-9,15,18,24H,10-12H2,1H3/t15-,18+/m1/s1. The third-order valence-electron chi connectivity index (χ3n) is 5.23. The van der Waals surface area contributed by atoms with Crippen molar-refractivity contribution < 1.29 is 24.2 Å². The van der Waals surface area contributed by atoms with Gasteiger partial charge >= 0.3 is 5.97 Å². The Morgan fingerprint density at radius 3 is 2.57 bits per heavy atom. The maximum Gasteiger partial charge on any atom is 0.337 e. The number of aliphatic hydroxyl groups excluding tert-OH is 1. The summed E-state index contributed by atoms with van der Waals surface area (Å²) in [6.45, 7) is 0.413. The molecule has 28 heavy (non-hydrogen) atoms. The molecule has 2 aliphatic heterocycles. The van der Waals surface area contributed by atoms with Crippen molar-refractivity contribution in [2.45, 2.75) is 25.1 Å². The molecule has 144 valence electrons. The van der Waals surface area contributed by atoms with E-state index in [9.17, 15) is 19.5 Å². The van der Waals surface area contributed by atoms with Crippen LogP contribution in [0.5, 0.6) is 0 Å². The maximum atomic E-state index is 13.3. The zero-order valence-electron chi connectivity index (χ0n) is 15.4. The Morgan fingerprint density at radius 1 is 1.14 bits per heavy atom. The molecule has 0 bridgehead atoms. The van der Waals surface area contributed by atoms with E-state index < -0.39 is 18.1 Å². The molecule has 4 rings (SSSR count). The molecule has 1 fully saturated rings. The van der Waals surface area contributed by atoms with Crippen molar-refractivity contribution in [3.63, 3.8) is 0 Å². The van der Waals surface area contributed by atoms with Crippen LogP contribution < -0.4 is 4.90 Å². The maximum absolute atomic E-state index is 13.3. The fraction of sp³-hybridized carbons (Fsp3) is 0.286. The zero-order chi connectivity index (χ0) is 19.8. The number of esters is 1. The largest absolute Gasteiger partial charge is 0.465 e. The van der Waals surface area contributed by atoms with Gasteiger partial charge in [-0.25, -0.2) is 4.79 Å². The Morgan fingerprint density at radius 2 is 1.86 bits per heavy atom. The molecule has 2 aromatic rings. The van der Waals surface area contributed by atoms with Crippen LogP contribution in [0.3, 0.4) is 0 Å². The molecule has 0 saturated carbocycles. The second-order valence-electron chi connectivity index (χ2n) is 6.99. The molecule has 7 heteroatoms. The molecule has 2 aromatic carbocycles. The molecule has 2 atom stereocenters. The number of ether oxygens (including phenoxy) is 1. The van der Waals surface area contributed by atoms with Gasteiger partial charge in [-0.05, 0) is 29.8 Å². The van der Waals surface area contributed by atoms with Gasteiger partial charge in [-0.2, -0.15) is 0 Å². The first-order chi connectivity index (χ1) is 13.5. The highest BCUT2D eigenvalue weighted by Gasteiger charge is 2.44. The van der Waals surface area contributed by atoms with Crippen LogP contribution in [0.15, 0.2) is 48.5 Å². The van der Waals surface area contributed by atoms with Crippen molar-refractivity contribution >= 4 is 23.5 Å². The van der Waals surface area contributed by atoms with E-state index in [-0.39, 0.29) is 31.3 Å². The predicted octanol–water partition coefficient (Wildman–Crippen LogP) is 1.60. The van der Waals surface area contributed by atoms with Gasteiger partial charge in [-0.15, -0.1) is 0 Å². The number of nitrogens with zero attached hydrogens (tertiary/aromatic N) is 2. The number of aliphatic hydroxyl groups is 1. The van der Waals surface area contributed by atoms with Crippen LogP contribution >= 0.6 is 0 Å². The summed E-state index contributed by atoms with van der Waals surface area (Å²) in [5, 5.41) is 10.0. The van der Waals surface area contributed by atoms with Gasteiger partial charge in [0.05, 0.1) is 36.6 Å². The van der Waals surface area contributed by atoms with E-state index in [4.69, 9.17) is 4.74 Å². The molecule has 0 unspecified atom stereocenters. The average molecular weight is 380 g/mol. The first-order valence-electron chi connectivity index (χ1n) is 9.06. The summed E-state index contributed by atoms with van der Waals surface area (Å²) in [5.74, 6) is -0.884. The number of anilines is 1. The number of benzene rings is 2. The SMILES string of the molecule is COC(=O)c1ccc(CN2C(=O)[C@@H]3C[C@@H](O)CN3C(=O)c3ccccc32)cc1. The molecule has 2 aliphatic rings. The van der Waals surface area contributed by atoms with Crippen molar-refractivity contribution in [3.05, 3.63) is 65.2 Å². The summed E-state index contributed by atoms with van der Waals surface area (Å²) in [6, 6.07) is 13.1. The van der Waals surface area contributed by atoms with Gasteiger partial charge in [0.1, 0.15) is 6.04 Å². The van der Waals surface area contributed by atoms with E-state index in [1.165, 1.54) is 12.0 Å². The van der Waals surface area contributed by atoms with E-state index in [1.54, 1.807) is 53.4 Å². The average Bonchev–Trinajstić information content (AvgIpc) is 3.09. The minimum Gasteiger partial charge on any atom is -0.465 e. The number of hydrogen-bond acceptors (Lipinski definition) is 5. The second kappa shape index (κ2) is 7.09. The van der Waals surface area contributed by atoms with Crippen molar-refractivity contribution in [1.29, 1.82) is 0 Å². The van der Waals surface area contributed by atoms with Gasteiger partial charge in [0.25, 0.3) is 5.91 Å². The lowest BCUT2D eigenvalue weighted by molar-refractivity contribution is -0.122. The van der Waals surface area contributed by atoms with E-state index in [0.29, 0.717) is 16.8 Å². The number of methoxy groups -OCH3 is 1. The number of rotatable bonds is 3. The quantitative estimate of drug-likeness (QED) is 0.818. The number of fused-ring (bicyclic) bond motifs is 2. The Labute approximate surface area is 162 Å². The van der Waals surface area contributed by atoms with Crippen molar-refractivity contribution in [2.24, 2.45) is 0 Å². The smallest absolute Gasteiger partial charge is 0.337 e. The summed E-state index contributed by atoms with van der Waals surface area (Å²) in [4.78, 5) is 40.9. The highest BCUT2D eigenvalue weighted by atomic mass is 16.5. The van der Waals surface area contributed by atoms with Crippen LogP contribution in [0.2, 0.25) is 0 Å². The number of para-hydroxylation sites is 1. The Balaban J connectivity index is 1.70. The number of amides is 2. The van der Waals surface area contributed by atoms with Crippen LogP contribution in [-0.4, -0.2) is 53.6 Å². The third kappa shape index (κ3) is 3.03. The molecule has 0 aromatic heterocycles. The van der Waals surface area contributed by atoms with Crippen LogP contribution in [0.1, 0.15) is 32.7 Å². The predicted molar refractivity (Wildman–Crippen MR) is 101 cm³/mol. The molecule has 0 radical (unpaired) electrons. The summed E-state index contributed by atoms with van der Waals surface area (Å²) >= 11 is 0. The van der Waals surface area contributed by atoms with Crippen molar-refractivity contribution in [1.82, 2.24) is 4.90 Å². The monoisotopic (exact) mass is 380 g/mol. The molecule has 0 spiro atoms. The molecular formula is C21H20N2O5. The van der Waals surface area contributed by atoms with Gasteiger partial charge < -0.3 is 19.6 Å². The van der Waals surface area contributed by atoms with E-state index >= 15 is 0 Å². The minimum absolute atomic E-state index is 0.158. The van der Waals surface area contributed by atoms with Crippen LogP contribution in [0, 0.1) is 0 Å². The molecule has 2 heterocycles. The summed E-state index contributed by atoms with van der Waals surface area (Å²) in [6.07, 6.45) is -0.472. The van der Waals surface area contributed by atoms with E-state index in [1.807, 2.05) is 0 Å².